The Morgan fingerprint density at radius 3 is 2.62 bits per heavy atom. The number of ether oxygens (including phenoxy) is 1. The average molecular weight is 389 g/mol. The van der Waals surface area contributed by atoms with Gasteiger partial charge in [0.1, 0.15) is 5.75 Å². The van der Waals surface area contributed by atoms with Crippen LogP contribution in [0, 0.1) is 0 Å². The maximum Gasteiger partial charge on any atom is 0.256 e. The molecule has 5 nitrogen and oxygen atoms in total. The molecule has 0 bridgehead atoms. The normalized spacial score (nSPS) is 13.2. The Labute approximate surface area is 148 Å². The van der Waals surface area contributed by atoms with E-state index < -0.39 is 0 Å². The third kappa shape index (κ3) is 3.94. The van der Waals surface area contributed by atoms with Crippen LogP contribution in [0.1, 0.15) is 33.6 Å². The lowest BCUT2D eigenvalue weighted by Crippen LogP contribution is -2.25. The number of amides is 2. The SMILES string of the molecule is COc1ccc(Br)c(C(=O)Nc2cccc(C(=O)NC3CC3)c2)c1. The zero-order valence-electron chi connectivity index (χ0n) is 13.1. The van der Waals surface area contributed by atoms with Crippen molar-refractivity contribution in [2.24, 2.45) is 0 Å². The number of halogens is 1. The number of rotatable bonds is 5. The van der Waals surface area contributed by atoms with Crippen LogP contribution in [0.4, 0.5) is 5.69 Å². The van der Waals surface area contributed by atoms with E-state index in [9.17, 15) is 9.59 Å². The Kier molecular flexibility index (Phi) is 4.85. The van der Waals surface area contributed by atoms with Gasteiger partial charge in [0.25, 0.3) is 11.8 Å². The van der Waals surface area contributed by atoms with E-state index in [4.69, 9.17) is 4.74 Å². The highest BCUT2D eigenvalue weighted by atomic mass is 79.9. The smallest absolute Gasteiger partial charge is 0.256 e. The Balaban J connectivity index is 1.75. The number of anilines is 1. The van der Waals surface area contributed by atoms with Crippen LogP contribution in [-0.4, -0.2) is 25.0 Å². The first-order valence-corrected chi connectivity index (χ1v) is 8.42. The van der Waals surface area contributed by atoms with Crippen molar-refractivity contribution in [2.45, 2.75) is 18.9 Å². The van der Waals surface area contributed by atoms with Crippen molar-refractivity contribution in [2.75, 3.05) is 12.4 Å². The van der Waals surface area contributed by atoms with Crippen LogP contribution in [0.25, 0.3) is 0 Å². The minimum absolute atomic E-state index is 0.115. The summed E-state index contributed by atoms with van der Waals surface area (Å²) in [6.45, 7) is 0. The van der Waals surface area contributed by atoms with Crippen LogP contribution < -0.4 is 15.4 Å². The van der Waals surface area contributed by atoms with Crippen LogP contribution in [0.3, 0.4) is 0 Å². The Bertz CT molecular complexity index is 788. The van der Waals surface area contributed by atoms with Crippen LogP contribution in [0.15, 0.2) is 46.9 Å². The molecule has 0 heterocycles. The third-order valence-corrected chi connectivity index (χ3v) is 4.40. The Morgan fingerprint density at radius 1 is 1.12 bits per heavy atom. The van der Waals surface area contributed by atoms with Crippen molar-refractivity contribution in [3.63, 3.8) is 0 Å². The maximum atomic E-state index is 12.5. The largest absolute Gasteiger partial charge is 0.497 e. The Morgan fingerprint density at radius 2 is 1.92 bits per heavy atom. The van der Waals surface area contributed by atoms with E-state index in [2.05, 4.69) is 26.6 Å². The van der Waals surface area contributed by atoms with E-state index in [1.54, 1.807) is 49.6 Å². The number of methoxy groups -OCH3 is 1. The van der Waals surface area contributed by atoms with Gasteiger partial charge < -0.3 is 15.4 Å². The first-order valence-electron chi connectivity index (χ1n) is 7.62. The second-order valence-electron chi connectivity index (χ2n) is 5.63. The lowest BCUT2D eigenvalue weighted by atomic mass is 10.1. The van der Waals surface area contributed by atoms with Crippen molar-refractivity contribution in [3.05, 3.63) is 58.1 Å². The van der Waals surface area contributed by atoms with Gasteiger partial charge in [-0.05, 0) is 65.2 Å². The molecule has 24 heavy (non-hydrogen) atoms. The molecule has 0 radical (unpaired) electrons. The number of carbonyl (C=O) groups excluding carboxylic acids is 2. The average Bonchev–Trinajstić information content (AvgIpc) is 3.39. The molecule has 3 rings (SSSR count). The van der Waals surface area contributed by atoms with Crippen molar-refractivity contribution in [1.29, 1.82) is 0 Å². The van der Waals surface area contributed by atoms with Gasteiger partial charge in [-0.2, -0.15) is 0 Å². The quantitative estimate of drug-likeness (QED) is 0.821. The highest BCUT2D eigenvalue weighted by Crippen LogP contribution is 2.24. The van der Waals surface area contributed by atoms with Gasteiger partial charge in [0.15, 0.2) is 0 Å². The fourth-order valence-electron chi connectivity index (χ4n) is 2.24. The monoisotopic (exact) mass is 388 g/mol. The maximum absolute atomic E-state index is 12.5. The zero-order valence-corrected chi connectivity index (χ0v) is 14.7. The summed E-state index contributed by atoms with van der Waals surface area (Å²) >= 11 is 3.36. The van der Waals surface area contributed by atoms with Crippen LogP contribution >= 0.6 is 15.9 Å². The lowest BCUT2D eigenvalue weighted by Gasteiger charge is -2.10. The van der Waals surface area contributed by atoms with Crippen molar-refractivity contribution in [3.8, 4) is 5.75 Å². The molecule has 2 amide bonds. The summed E-state index contributed by atoms with van der Waals surface area (Å²) in [7, 11) is 1.55. The molecule has 0 aromatic heterocycles. The number of benzene rings is 2. The summed E-state index contributed by atoms with van der Waals surface area (Å²) in [5.41, 5.74) is 1.56. The number of hydrogen-bond acceptors (Lipinski definition) is 3. The van der Waals surface area contributed by atoms with Crippen LogP contribution in [-0.2, 0) is 0 Å². The summed E-state index contributed by atoms with van der Waals surface area (Å²) in [4.78, 5) is 24.6. The van der Waals surface area contributed by atoms with Gasteiger partial charge in [-0.1, -0.05) is 6.07 Å². The van der Waals surface area contributed by atoms with Crippen molar-refractivity contribution >= 4 is 33.4 Å². The van der Waals surface area contributed by atoms with Crippen molar-refractivity contribution in [1.82, 2.24) is 5.32 Å². The molecule has 2 aromatic rings. The van der Waals surface area contributed by atoms with E-state index in [1.807, 2.05) is 0 Å². The van der Waals surface area contributed by atoms with Gasteiger partial charge in [0, 0.05) is 21.8 Å². The Hall–Kier alpha value is -2.34. The minimum Gasteiger partial charge on any atom is -0.497 e. The van der Waals surface area contributed by atoms with Gasteiger partial charge in [-0.25, -0.2) is 0 Å². The molecule has 0 atom stereocenters. The van der Waals surface area contributed by atoms with E-state index in [0.717, 1.165) is 12.8 Å². The molecule has 1 aliphatic carbocycles. The number of nitrogens with one attached hydrogen (secondary N) is 2. The molecule has 0 saturated heterocycles. The molecule has 1 aliphatic rings. The second kappa shape index (κ2) is 7.05. The molecular weight excluding hydrogens is 372 g/mol. The van der Waals surface area contributed by atoms with E-state index in [0.29, 0.717) is 33.1 Å². The molecule has 124 valence electrons. The van der Waals surface area contributed by atoms with E-state index in [-0.39, 0.29) is 11.8 Å². The molecule has 2 aromatic carbocycles. The molecule has 0 spiro atoms. The van der Waals surface area contributed by atoms with Gasteiger partial charge in [-0.3, -0.25) is 9.59 Å². The highest BCUT2D eigenvalue weighted by Gasteiger charge is 2.23. The molecule has 6 heteroatoms. The lowest BCUT2D eigenvalue weighted by molar-refractivity contribution is 0.0949. The third-order valence-electron chi connectivity index (χ3n) is 3.71. The summed E-state index contributed by atoms with van der Waals surface area (Å²) in [5, 5.41) is 5.74. The van der Waals surface area contributed by atoms with Crippen LogP contribution in [0.2, 0.25) is 0 Å². The summed E-state index contributed by atoms with van der Waals surface area (Å²) in [6.07, 6.45) is 2.07. The highest BCUT2D eigenvalue weighted by molar-refractivity contribution is 9.10. The van der Waals surface area contributed by atoms with E-state index in [1.165, 1.54) is 0 Å². The summed E-state index contributed by atoms with van der Waals surface area (Å²) in [5.74, 6) is 0.206. The number of hydrogen-bond donors (Lipinski definition) is 2. The standard InChI is InChI=1S/C18H17BrN2O3/c1-24-14-7-8-16(19)15(10-14)18(23)21-13-4-2-3-11(9-13)17(22)20-12-5-6-12/h2-4,7-10,12H,5-6H2,1H3,(H,20,22)(H,21,23). The van der Waals surface area contributed by atoms with Gasteiger partial charge in [-0.15, -0.1) is 0 Å². The molecule has 0 unspecified atom stereocenters. The fraction of sp³-hybridized carbons (Fsp3) is 0.222. The second-order valence-corrected chi connectivity index (χ2v) is 6.48. The molecule has 1 saturated carbocycles. The minimum atomic E-state index is -0.277. The first-order chi connectivity index (χ1) is 11.6. The van der Waals surface area contributed by atoms with Gasteiger partial charge >= 0.3 is 0 Å². The molecule has 1 fully saturated rings. The summed E-state index contributed by atoms with van der Waals surface area (Å²) in [6, 6.07) is 12.4. The number of carbonyl (C=O) groups is 2. The zero-order chi connectivity index (χ0) is 17.1. The predicted molar refractivity (Wildman–Crippen MR) is 95.6 cm³/mol. The van der Waals surface area contributed by atoms with Crippen LogP contribution in [0.5, 0.6) is 5.75 Å². The van der Waals surface area contributed by atoms with Gasteiger partial charge in [0.05, 0.1) is 12.7 Å². The summed E-state index contributed by atoms with van der Waals surface area (Å²) < 4.78 is 5.82. The topological polar surface area (TPSA) is 67.4 Å². The predicted octanol–water partition coefficient (Wildman–Crippen LogP) is 3.60. The van der Waals surface area contributed by atoms with Crippen molar-refractivity contribution < 1.29 is 14.3 Å². The molecule has 0 aliphatic heterocycles. The first kappa shape index (κ1) is 16.5. The molecular formula is C18H17BrN2O3. The van der Waals surface area contributed by atoms with E-state index >= 15 is 0 Å². The fourth-order valence-corrected chi connectivity index (χ4v) is 2.67. The van der Waals surface area contributed by atoms with Gasteiger partial charge in [0.2, 0.25) is 0 Å². The molecule has 2 N–H and O–H groups in total.